The van der Waals surface area contributed by atoms with Gasteiger partial charge in [-0.25, -0.2) is 0 Å². The smallest absolute Gasteiger partial charge is 0.239 e. The molecule has 12 nitrogen and oxygen atoms in total. The maximum atomic E-state index is 13.2. The minimum absolute atomic E-state index is 0.0420. The van der Waals surface area contributed by atoms with E-state index < -0.39 is 48.5 Å². The van der Waals surface area contributed by atoms with Crippen LogP contribution in [-0.4, -0.2) is 84.2 Å². The molecular weight excluding hydrogens is 480 g/mol. The molecule has 1 aliphatic rings. The van der Waals surface area contributed by atoms with E-state index in [-0.39, 0.29) is 28.2 Å². The van der Waals surface area contributed by atoms with Gasteiger partial charge in [0.1, 0.15) is 46.9 Å². The second kappa shape index (κ2) is 10.2. The van der Waals surface area contributed by atoms with E-state index in [0.717, 1.165) is 6.07 Å². The Morgan fingerprint density at radius 2 is 1.64 bits per heavy atom. The number of fused-ring (bicyclic) bond motifs is 1. The summed E-state index contributed by atoms with van der Waals surface area (Å²) in [6.07, 6.45) is -7.60. The molecule has 0 saturated carbocycles. The number of methoxy groups -OCH3 is 3. The molecule has 0 aliphatic carbocycles. The Morgan fingerprint density at radius 3 is 2.28 bits per heavy atom. The number of hydrogen-bond donors (Lipinski definition) is 5. The van der Waals surface area contributed by atoms with Crippen LogP contribution in [0, 0.1) is 0 Å². The summed E-state index contributed by atoms with van der Waals surface area (Å²) in [4.78, 5) is 13.2. The largest absolute Gasteiger partial charge is 0.507 e. The van der Waals surface area contributed by atoms with Crippen molar-refractivity contribution < 1.29 is 53.6 Å². The van der Waals surface area contributed by atoms with E-state index in [2.05, 4.69) is 0 Å². The lowest BCUT2D eigenvalue weighted by molar-refractivity contribution is -0.277. The van der Waals surface area contributed by atoms with Crippen LogP contribution in [0.2, 0.25) is 0 Å². The molecule has 1 aliphatic heterocycles. The summed E-state index contributed by atoms with van der Waals surface area (Å²) in [5.41, 5.74) is -0.311. The minimum Gasteiger partial charge on any atom is -0.507 e. The third-order valence-corrected chi connectivity index (χ3v) is 5.86. The zero-order valence-electron chi connectivity index (χ0n) is 19.6. The van der Waals surface area contributed by atoms with Crippen LogP contribution in [0.3, 0.4) is 0 Å². The van der Waals surface area contributed by atoms with Crippen molar-refractivity contribution >= 4 is 11.0 Å². The third-order valence-electron chi connectivity index (χ3n) is 5.86. The van der Waals surface area contributed by atoms with Gasteiger partial charge >= 0.3 is 0 Å². The lowest BCUT2D eigenvalue weighted by Gasteiger charge is -2.39. The van der Waals surface area contributed by atoms with Gasteiger partial charge in [-0.1, -0.05) is 0 Å². The highest BCUT2D eigenvalue weighted by atomic mass is 16.7. The molecule has 194 valence electrons. The van der Waals surface area contributed by atoms with E-state index in [1.54, 1.807) is 18.2 Å². The van der Waals surface area contributed by atoms with Crippen LogP contribution in [-0.2, 0) is 4.74 Å². The predicted molar refractivity (Wildman–Crippen MR) is 124 cm³/mol. The molecule has 5 unspecified atom stereocenters. The average molecular weight is 506 g/mol. The van der Waals surface area contributed by atoms with Gasteiger partial charge in [0.2, 0.25) is 17.5 Å². The maximum absolute atomic E-state index is 13.2. The van der Waals surface area contributed by atoms with Crippen LogP contribution in [0.25, 0.3) is 22.3 Å². The van der Waals surface area contributed by atoms with Crippen molar-refractivity contribution in [3.63, 3.8) is 0 Å². The molecule has 2 heterocycles. The Balaban J connectivity index is 1.80. The Hall–Kier alpha value is -3.55. The van der Waals surface area contributed by atoms with Crippen LogP contribution < -0.4 is 24.4 Å². The minimum atomic E-state index is -1.68. The zero-order valence-corrected chi connectivity index (χ0v) is 19.6. The molecule has 1 fully saturated rings. The van der Waals surface area contributed by atoms with E-state index in [9.17, 15) is 30.3 Å². The quantitative estimate of drug-likeness (QED) is 0.298. The summed E-state index contributed by atoms with van der Waals surface area (Å²) in [6.45, 7) is -0.642. The van der Waals surface area contributed by atoms with Gasteiger partial charge in [-0.05, 0) is 18.2 Å². The molecule has 0 radical (unpaired) electrons. The SMILES string of the molecule is COc1ccc(-c2oc3cc(OC4OC(CO)C(O)C(O)C4O)cc(O)c3c(=O)c2OC)cc1OC. The molecule has 1 saturated heterocycles. The van der Waals surface area contributed by atoms with E-state index in [0.29, 0.717) is 17.1 Å². The molecule has 0 bridgehead atoms. The van der Waals surface area contributed by atoms with Crippen molar-refractivity contribution in [2.45, 2.75) is 30.7 Å². The number of benzene rings is 2. The zero-order chi connectivity index (χ0) is 26.1. The molecule has 4 rings (SSSR count). The first-order valence-corrected chi connectivity index (χ1v) is 10.8. The standard InChI is InChI=1S/C24H26O12/c1-31-13-5-4-10(6-14(13)32-2)22-23(33-3)19(28)17-12(26)7-11(8-15(17)35-22)34-24-21(30)20(29)18(27)16(9-25)36-24/h4-8,16,18,20-21,24-27,29-30H,9H2,1-3H3. The molecule has 5 atom stereocenters. The molecule has 36 heavy (non-hydrogen) atoms. The molecule has 0 spiro atoms. The first-order chi connectivity index (χ1) is 17.2. The Kier molecular flexibility index (Phi) is 7.24. The lowest BCUT2D eigenvalue weighted by atomic mass is 9.99. The fraction of sp³-hybridized carbons (Fsp3) is 0.375. The highest BCUT2D eigenvalue weighted by Gasteiger charge is 2.44. The van der Waals surface area contributed by atoms with Crippen LogP contribution in [0.4, 0.5) is 0 Å². The molecule has 12 heteroatoms. The number of phenols is 1. The highest BCUT2D eigenvalue weighted by molar-refractivity contribution is 5.88. The molecule has 2 aromatic carbocycles. The second-order valence-electron chi connectivity index (χ2n) is 7.99. The number of rotatable bonds is 7. The summed E-state index contributed by atoms with van der Waals surface area (Å²) < 4.78 is 32.7. The van der Waals surface area contributed by atoms with Gasteiger partial charge in [-0.2, -0.15) is 0 Å². The van der Waals surface area contributed by atoms with Crippen molar-refractivity contribution in [1.29, 1.82) is 0 Å². The molecule has 3 aromatic rings. The number of aliphatic hydroxyl groups excluding tert-OH is 4. The van der Waals surface area contributed by atoms with E-state index in [1.807, 2.05) is 0 Å². The van der Waals surface area contributed by atoms with E-state index >= 15 is 0 Å². The van der Waals surface area contributed by atoms with Crippen LogP contribution in [0.5, 0.6) is 28.7 Å². The predicted octanol–water partition coefficient (Wildman–Crippen LogP) is 0.370. The Bertz CT molecular complexity index is 1300. The Labute approximate surface area is 204 Å². The number of phenolic OH excluding ortho intramolecular Hbond substituents is 1. The molecule has 0 amide bonds. The maximum Gasteiger partial charge on any atom is 0.239 e. The van der Waals surface area contributed by atoms with Crippen LogP contribution in [0.1, 0.15) is 0 Å². The fourth-order valence-corrected chi connectivity index (χ4v) is 3.98. The third kappa shape index (κ3) is 4.40. The number of ether oxygens (including phenoxy) is 5. The monoisotopic (exact) mass is 506 g/mol. The van der Waals surface area contributed by atoms with Crippen LogP contribution >= 0.6 is 0 Å². The van der Waals surface area contributed by atoms with Crippen molar-refractivity contribution in [3.8, 4) is 40.1 Å². The Morgan fingerprint density at radius 1 is 0.917 bits per heavy atom. The lowest BCUT2D eigenvalue weighted by Crippen LogP contribution is -2.60. The van der Waals surface area contributed by atoms with Crippen molar-refractivity contribution in [2.75, 3.05) is 27.9 Å². The molecule has 1 aromatic heterocycles. The van der Waals surface area contributed by atoms with E-state index in [4.69, 9.17) is 28.1 Å². The summed E-state index contributed by atoms with van der Waals surface area (Å²) in [6, 6.07) is 7.20. The van der Waals surface area contributed by atoms with Crippen molar-refractivity contribution in [1.82, 2.24) is 0 Å². The fourth-order valence-electron chi connectivity index (χ4n) is 3.98. The van der Waals surface area contributed by atoms with Gasteiger partial charge < -0.3 is 53.6 Å². The first-order valence-electron chi connectivity index (χ1n) is 10.8. The second-order valence-corrected chi connectivity index (χ2v) is 7.99. The highest BCUT2D eigenvalue weighted by Crippen LogP contribution is 2.39. The topological polar surface area (TPSA) is 178 Å². The van der Waals surface area contributed by atoms with Gasteiger partial charge in [0.05, 0.1) is 27.9 Å². The van der Waals surface area contributed by atoms with Gasteiger partial charge in [0.25, 0.3) is 0 Å². The van der Waals surface area contributed by atoms with Gasteiger partial charge in [-0.15, -0.1) is 0 Å². The molecule has 5 N–H and O–H groups in total. The molecular formula is C24H26O12. The van der Waals surface area contributed by atoms with Crippen molar-refractivity contribution in [3.05, 3.63) is 40.6 Å². The van der Waals surface area contributed by atoms with Gasteiger partial charge in [0, 0.05) is 17.7 Å². The number of aromatic hydroxyl groups is 1. The summed E-state index contributed by atoms with van der Waals surface area (Å²) >= 11 is 0. The van der Waals surface area contributed by atoms with Crippen LogP contribution in [0.15, 0.2) is 39.5 Å². The first kappa shape index (κ1) is 25.5. The summed E-state index contributed by atoms with van der Waals surface area (Å²) in [5.74, 6) is 0.125. The van der Waals surface area contributed by atoms with Gasteiger partial charge in [0.15, 0.2) is 17.3 Å². The average Bonchev–Trinajstić information content (AvgIpc) is 2.88. The van der Waals surface area contributed by atoms with Gasteiger partial charge in [-0.3, -0.25) is 4.79 Å². The summed E-state index contributed by atoms with van der Waals surface area (Å²) in [5, 5.41) is 50.0. The number of hydrogen-bond acceptors (Lipinski definition) is 12. The summed E-state index contributed by atoms with van der Waals surface area (Å²) in [7, 11) is 4.22. The normalized spacial score (nSPS) is 23.9. The number of aliphatic hydroxyl groups is 4. The van der Waals surface area contributed by atoms with E-state index in [1.165, 1.54) is 27.4 Å². The van der Waals surface area contributed by atoms with Crippen molar-refractivity contribution in [2.24, 2.45) is 0 Å².